The number of hydrogen-bond donors (Lipinski definition) is 2. The molecule has 3 atom stereocenters. The zero-order chi connectivity index (χ0) is 9.14. The molecule has 0 amide bonds. The highest BCUT2D eigenvalue weighted by atomic mass is 16.5. The summed E-state index contributed by atoms with van der Waals surface area (Å²) in [6.45, 7) is 2.04. The third-order valence-electron chi connectivity index (χ3n) is 2.17. The number of aliphatic hydroxyl groups is 2. The molecule has 12 heavy (non-hydrogen) atoms. The number of aliphatic hydroxyl groups excluding tert-OH is 2. The Morgan fingerprint density at radius 3 is 2.58 bits per heavy atom. The molecule has 0 heterocycles. The molecule has 0 aromatic rings. The van der Waals surface area contributed by atoms with Crippen molar-refractivity contribution in [2.75, 3.05) is 6.61 Å². The number of ether oxygens (including phenoxy) is 1. The van der Waals surface area contributed by atoms with Crippen molar-refractivity contribution in [1.82, 2.24) is 0 Å². The van der Waals surface area contributed by atoms with Crippen LogP contribution in [-0.4, -0.2) is 35.0 Å². The van der Waals surface area contributed by atoms with Crippen LogP contribution in [0.2, 0.25) is 0 Å². The van der Waals surface area contributed by atoms with E-state index in [0.29, 0.717) is 19.4 Å². The van der Waals surface area contributed by atoms with E-state index in [9.17, 15) is 9.90 Å². The van der Waals surface area contributed by atoms with Gasteiger partial charge in [0.1, 0.15) is 0 Å². The summed E-state index contributed by atoms with van der Waals surface area (Å²) in [6.07, 6.45) is -0.713. The summed E-state index contributed by atoms with van der Waals surface area (Å²) >= 11 is 0. The average molecular weight is 174 g/mol. The normalized spacial score (nSPS) is 35.1. The fraction of sp³-hybridized carbons (Fsp3) is 0.875. The lowest BCUT2D eigenvalue weighted by Gasteiger charge is -2.14. The second-order valence-electron chi connectivity index (χ2n) is 2.99. The smallest absolute Gasteiger partial charge is 0.311 e. The highest BCUT2D eigenvalue weighted by Crippen LogP contribution is 2.26. The van der Waals surface area contributed by atoms with Crippen molar-refractivity contribution in [2.24, 2.45) is 5.92 Å². The first-order valence-corrected chi connectivity index (χ1v) is 4.19. The van der Waals surface area contributed by atoms with E-state index in [2.05, 4.69) is 0 Å². The third-order valence-corrected chi connectivity index (χ3v) is 2.17. The predicted octanol–water partition coefficient (Wildman–Crippen LogP) is -0.319. The summed E-state index contributed by atoms with van der Waals surface area (Å²) in [7, 11) is 0. The molecule has 0 unspecified atom stereocenters. The Bertz CT molecular complexity index is 168. The number of rotatable bonds is 2. The topological polar surface area (TPSA) is 66.8 Å². The maximum Gasteiger partial charge on any atom is 0.311 e. The first-order valence-electron chi connectivity index (χ1n) is 4.19. The molecule has 4 heteroatoms. The van der Waals surface area contributed by atoms with Gasteiger partial charge in [0.25, 0.3) is 0 Å². The van der Waals surface area contributed by atoms with Gasteiger partial charge in [-0.3, -0.25) is 4.79 Å². The minimum Gasteiger partial charge on any atom is -0.466 e. The van der Waals surface area contributed by atoms with Gasteiger partial charge in [0.05, 0.1) is 24.7 Å². The Morgan fingerprint density at radius 1 is 1.50 bits per heavy atom. The van der Waals surface area contributed by atoms with Crippen molar-refractivity contribution in [1.29, 1.82) is 0 Å². The van der Waals surface area contributed by atoms with Gasteiger partial charge >= 0.3 is 5.97 Å². The van der Waals surface area contributed by atoms with Crippen molar-refractivity contribution >= 4 is 5.97 Å². The fourth-order valence-electron chi connectivity index (χ4n) is 1.47. The number of hydrogen-bond acceptors (Lipinski definition) is 4. The molecule has 0 aliphatic heterocycles. The molecule has 0 bridgehead atoms. The van der Waals surface area contributed by atoms with Gasteiger partial charge in [-0.2, -0.15) is 0 Å². The number of carbonyl (C=O) groups is 1. The van der Waals surface area contributed by atoms with E-state index in [-0.39, 0.29) is 0 Å². The molecule has 0 saturated heterocycles. The lowest BCUT2D eigenvalue weighted by atomic mass is 10.1. The van der Waals surface area contributed by atoms with Crippen LogP contribution < -0.4 is 0 Å². The highest BCUT2D eigenvalue weighted by Gasteiger charge is 2.38. The van der Waals surface area contributed by atoms with Crippen LogP contribution in [0.25, 0.3) is 0 Å². The quantitative estimate of drug-likeness (QED) is 0.563. The zero-order valence-corrected chi connectivity index (χ0v) is 7.06. The van der Waals surface area contributed by atoms with Gasteiger partial charge in [-0.15, -0.1) is 0 Å². The molecule has 1 rings (SSSR count). The lowest BCUT2D eigenvalue weighted by Crippen LogP contribution is -2.31. The summed E-state index contributed by atoms with van der Waals surface area (Å²) in [5.41, 5.74) is 0. The van der Waals surface area contributed by atoms with E-state index in [1.807, 2.05) is 0 Å². The molecule has 2 N–H and O–H groups in total. The lowest BCUT2D eigenvalue weighted by molar-refractivity contribution is -0.152. The van der Waals surface area contributed by atoms with Crippen LogP contribution >= 0.6 is 0 Å². The van der Waals surface area contributed by atoms with E-state index in [4.69, 9.17) is 9.84 Å². The van der Waals surface area contributed by atoms with Gasteiger partial charge in [0.15, 0.2) is 0 Å². The van der Waals surface area contributed by atoms with E-state index >= 15 is 0 Å². The second kappa shape index (κ2) is 3.87. The highest BCUT2D eigenvalue weighted by molar-refractivity contribution is 5.73. The molecular weight excluding hydrogens is 160 g/mol. The van der Waals surface area contributed by atoms with Crippen LogP contribution in [0.15, 0.2) is 0 Å². The molecule has 1 aliphatic rings. The summed E-state index contributed by atoms with van der Waals surface area (Å²) < 4.78 is 4.73. The Hall–Kier alpha value is -0.610. The van der Waals surface area contributed by atoms with E-state index in [1.54, 1.807) is 6.92 Å². The SMILES string of the molecule is CCOC(=O)[C@H]1CC[C@H](O)[C@@H]1O. The molecule has 0 aromatic heterocycles. The monoisotopic (exact) mass is 174 g/mol. The van der Waals surface area contributed by atoms with E-state index in [1.165, 1.54) is 0 Å². The summed E-state index contributed by atoms with van der Waals surface area (Å²) in [4.78, 5) is 11.1. The van der Waals surface area contributed by atoms with Gasteiger partial charge in [0, 0.05) is 0 Å². The van der Waals surface area contributed by atoms with Crippen LogP contribution in [-0.2, 0) is 9.53 Å². The van der Waals surface area contributed by atoms with Gasteiger partial charge in [-0.1, -0.05) is 0 Å². The standard InChI is InChI=1S/C8H14O4/c1-2-12-8(11)5-3-4-6(9)7(5)10/h5-7,9-10H,2-4H2,1H3/t5-,6-,7+/m0/s1. The molecule has 70 valence electrons. The minimum atomic E-state index is -0.941. The average Bonchev–Trinajstić information content (AvgIpc) is 2.34. The Balaban J connectivity index is 2.47. The van der Waals surface area contributed by atoms with Crippen LogP contribution in [0.3, 0.4) is 0 Å². The molecule has 0 radical (unpaired) electrons. The van der Waals surface area contributed by atoms with E-state index in [0.717, 1.165) is 0 Å². The maximum atomic E-state index is 11.1. The third kappa shape index (κ3) is 1.76. The van der Waals surface area contributed by atoms with Gasteiger partial charge < -0.3 is 14.9 Å². The predicted molar refractivity (Wildman–Crippen MR) is 41.4 cm³/mol. The number of esters is 1. The second-order valence-corrected chi connectivity index (χ2v) is 2.99. The van der Waals surface area contributed by atoms with Gasteiger partial charge in [-0.25, -0.2) is 0 Å². The molecule has 4 nitrogen and oxygen atoms in total. The largest absolute Gasteiger partial charge is 0.466 e. The Morgan fingerprint density at radius 2 is 2.17 bits per heavy atom. The molecule has 0 aromatic carbocycles. The molecule has 1 saturated carbocycles. The molecular formula is C8H14O4. The summed E-state index contributed by atoms with van der Waals surface area (Å²) in [5.74, 6) is -0.929. The molecule has 0 spiro atoms. The van der Waals surface area contributed by atoms with Crippen molar-refractivity contribution < 1.29 is 19.7 Å². The van der Waals surface area contributed by atoms with Crippen LogP contribution in [0.1, 0.15) is 19.8 Å². The van der Waals surface area contributed by atoms with Crippen molar-refractivity contribution in [3.8, 4) is 0 Å². The fourth-order valence-corrected chi connectivity index (χ4v) is 1.47. The van der Waals surface area contributed by atoms with Crippen molar-refractivity contribution in [3.63, 3.8) is 0 Å². The molecule has 1 fully saturated rings. The maximum absolute atomic E-state index is 11.1. The van der Waals surface area contributed by atoms with Crippen molar-refractivity contribution in [2.45, 2.75) is 32.0 Å². The minimum absolute atomic E-state index is 0.318. The zero-order valence-electron chi connectivity index (χ0n) is 7.06. The van der Waals surface area contributed by atoms with Crippen LogP contribution in [0.5, 0.6) is 0 Å². The number of carbonyl (C=O) groups excluding carboxylic acids is 1. The van der Waals surface area contributed by atoms with Crippen LogP contribution in [0.4, 0.5) is 0 Å². The Labute approximate surface area is 71.2 Å². The summed E-state index contributed by atoms with van der Waals surface area (Å²) in [6, 6.07) is 0. The summed E-state index contributed by atoms with van der Waals surface area (Å²) in [5, 5.41) is 18.4. The Kier molecular flexibility index (Phi) is 3.05. The van der Waals surface area contributed by atoms with Crippen molar-refractivity contribution in [3.05, 3.63) is 0 Å². The van der Waals surface area contributed by atoms with Gasteiger partial charge in [-0.05, 0) is 19.8 Å². The van der Waals surface area contributed by atoms with Gasteiger partial charge in [0.2, 0.25) is 0 Å². The first-order chi connectivity index (χ1) is 5.66. The van der Waals surface area contributed by atoms with Crippen LogP contribution in [0, 0.1) is 5.92 Å². The first kappa shape index (κ1) is 9.48. The van der Waals surface area contributed by atoms with E-state index < -0.39 is 24.1 Å². The molecule has 1 aliphatic carbocycles.